The number of halogens is 5. The molecule has 4 nitrogen and oxygen atoms in total. The summed E-state index contributed by atoms with van der Waals surface area (Å²) < 4.78 is 44.2. The van der Waals surface area contributed by atoms with Crippen LogP contribution in [0.1, 0.15) is 16.7 Å². The van der Waals surface area contributed by atoms with Crippen LogP contribution < -0.4 is 10.1 Å². The van der Waals surface area contributed by atoms with Crippen LogP contribution in [0.2, 0.25) is 10.0 Å². The maximum absolute atomic E-state index is 12.8. The Hall–Kier alpha value is -3.47. The van der Waals surface area contributed by atoms with Crippen molar-refractivity contribution in [3.05, 3.63) is 99.0 Å². The summed E-state index contributed by atoms with van der Waals surface area (Å²) >= 11 is 11.9. The summed E-state index contributed by atoms with van der Waals surface area (Å²) in [4.78, 5) is 12.4. The maximum atomic E-state index is 12.8. The fraction of sp³-hybridized carbons (Fsp3) is 0.0833. The number of carbonyl (C=O) groups excluding carboxylic acids is 1. The number of carbonyl (C=O) groups is 1. The minimum Gasteiger partial charge on any atom is -0.489 e. The van der Waals surface area contributed by atoms with Gasteiger partial charge in [-0.1, -0.05) is 47.5 Å². The van der Waals surface area contributed by atoms with Gasteiger partial charge in [0.15, 0.2) is 0 Å². The molecule has 0 bridgehead atoms. The van der Waals surface area contributed by atoms with Gasteiger partial charge in [-0.25, -0.2) is 0 Å². The maximum Gasteiger partial charge on any atom is 0.416 e. The number of ether oxygens (including phenoxy) is 1. The molecule has 3 rings (SSSR count). The summed E-state index contributed by atoms with van der Waals surface area (Å²) in [5.74, 6) is -0.276. The number of nitrogens with one attached hydrogen (secondary N) is 1. The van der Waals surface area contributed by atoms with E-state index in [9.17, 15) is 23.2 Å². The molecule has 0 aliphatic heterocycles. The number of hydrogen-bond acceptors (Lipinski definition) is 3. The van der Waals surface area contributed by atoms with Crippen molar-refractivity contribution in [3.8, 4) is 11.8 Å². The van der Waals surface area contributed by atoms with E-state index in [0.29, 0.717) is 21.4 Å². The lowest BCUT2D eigenvalue weighted by Crippen LogP contribution is -2.14. The predicted molar refractivity (Wildman–Crippen MR) is 121 cm³/mol. The van der Waals surface area contributed by atoms with Crippen LogP contribution >= 0.6 is 23.2 Å². The van der Waals surface area contributed by atoms with E-state index in [4.69, 9.17) is 27.9 Å². The number of alkyl halides is 3. The van der Waals surface area contributed by atoms with Crippen LogP contribution in [-0.2, 0) is 17.6 Å². The summed E-state index contributed by atoms with van der Waals surface area (Å²) in [5.41, 5.74) is 0.122. The van der Waals surface area contributed by atoms with Crippen LogP contribution in [0.3, 0.4) is 0 Å². The van der Waals surface area contributed by atoms with E-state index in [-0.39, 0.29) is 17.9 Å². The number of rotatable bonds is 6. The van der Waals surface area contributed by atoms with E-state index < -0.39 is 17.6 Å². The Balaban J connectivity index is 1.66. The van der Waals surface area contributed by atoms with Gasteiger partial charge in [-0.15, -0.1) is 0 Å². The van der Waals surface area contributed by atoms with Crippen molar-refractivity contribution in [2.75, 3.05) is 5.32 Å². The quantitative estimate of drug-likeness (QED) is 0.295. The van der Waals surface area contributed by atoms with Gasteiger partial charge in [-0.3, -0.25) is 4.79 Å². The number of anilines is 1. The second-order valence-electron chi connectivity index (χ2n) is 6.81. The molecule has 0 unspecified atom stereocenters. The van der Waals surface area contributed by atoms with Crippen LogP contribution in [0.5, 0.6) is 5.75 Å². The van der Waals surface area contributed by atoms with Gasteiger partial charge in [0.05, 0.1) is 15.6 Å². The van der Waals surface area contributed by atoms with Crippen molar-refractivity contribution in [1.29, 1.82) is 5.26 Å². The van der Waals surface area contributed by atoms with Gasteiger partial charge in [0.2, 0.25) is 0 Å². The molecule has 0 fully saturated rings. The van der Waals surface area contributed by atoms with Crippen LogP contribution in [0.4, 0.5) is 18.9 Å². The first-order valence-corrected chi connectivity index (χ1v) is 10.2. The van der Waals surface area contributed by atoms with Gasteiger partial charge in [-0.2, -0.15) is 18.4 Å². The zero-order chi connectivity index (χ0) is 24.0. The van der Waals surface area contributed by atoms with E-state index in [0.717, 1.165) is 17.7 Å². The summed E-state index contributed by atoms with van der Waals surface area (Å²) in [6, 6.07) is 17.7. The summed E-state index contributed by atoms with van der Waals surface area (Å²) in [6.45, 7) is 0.259. The van der Waals surface area contributed by atoms with Gasteiger partial charge in [0.25, 0.3) is 5.91 Å². The lowest BCUT2D eigenvalue weighted by molar-refractivity contribution is -0.137. The summed E-state index contributed by atoms with van der Waals surface area (Å²) in [7, 11) is 0. The van der Waals surface area contributed by atoms with Gasteiger partial charge < -0.3 is 10.1 Å². The Bertz CT molecular complexity index is 1230. The molecule has 33 heavy (non-hydrogen) atoms. The normalized spacial score (nSPS) is 11.6. The number of nitriles is 1. The molecule has 0 radical (unpaired) electrons. The molecule has 1 N–H and O–H groups in total. The SMILES string of the molecule is N#C/C(=C\c1ccc(OCc2ccc(Cl)c(Cl)c2)cc1)C(=O)Nc1cccc(C(F)(F)F)c1. The minimum atomic E-state index is -4.54. The Morgan fingerprint density at radius 3 is 2.39 bits per heavy atom. The number of nitrogens with zero attached hydrogens (tertiary/aromatic N) is 1. The summed E-state index contributed by atoms with van der Waals surface area (Å²) in [6.07, 6.45) is -3.22. The highest BCUT2D eigenvalue weighted by Crippen LogP contribution is 2.31. The van der Waals surface area contributed by atoms with Gasteiger partial charge in [-0.05, 0) is 59.7 Å². The average molecular weight is 491 g/mol. The van der Waals surface area contributed by atoms with Crippen molar-refractivity contribution in [2.24, 2.45) is 0 Å². The van der Waals surface area contributed by atoms with E-state index >= 15 is 0 Å². The molecule has 0 atom stereocenters. The second-order valence-corrected chi connectivity index (χ2v) is 7.62. The first kappa shape index (κ1) is 24.2. The molecular weight excluding hydrogens is 476 g/mol. The van der Waals surface area contributed by atoms with Crippen molar-refractivity contribution in [3.63, 3.8) is 0 Å². The van der Waals surface area contributed by atoms with Crippen LogP contribution in [0, 0.1) is 11.3 Å². The molecule has 3 aromatic rings. The molecule has 1 amide bonds. The average Bonchev–Trinajstić information content (AvgIpc) is 2.78. The largest absolute Gasteiger partial charge is 0.489 e. The van der Waals surface area contributed by atoms with E-state index in [1.807, 2.05) is 0 Å². The van der Waals surface area contributed by atoms with E-state index in [2.05, 4.69) is 5.32 Å². The molecule has 9 heteroatoms. The molecule has 3 aromatic carbocycles. The topological polar surface area (TPSA) is 62.1 Å². The molecule has 0 spiro atoms. The molecular formula is C24H15Cl2F3N2O2. The molecule has 0 heterocycles. The van der Waals surface area contributed by atoms with Crippen molar-refractivity contribution >= 4 is 40.9 Å². The van der Waals surface area contributed by atoms with Gasteiger partial charge in [0, 0.05) is 5.69 Å². The van der Waals surface area contributed by atoms with Crippen molar-refractivity contribution in [2.45, 2.75) is 12.8 Å². The predicted octanol–water partition coefficient (Wildman–Crippen LogP) is 7.14. The Morgan fingerprint density at radius 1 is 1.03 bits per heavy atom. The molecule has 0 aromatic heterocycles. The van der Waals surface area contributed by atoms with Gasteiger partial charge in [0.1, 0.15) is 24.0 Å². The Labute approximate surface area is 197 Å². The molecule has 168 valence electrons. The zero-order valence-electron chi connectivity index (χ0n) is 16.8. The lowest BCUT2D eigenvalue weighted by atomic mass is 10.1. The standard InChI is InChI=1S/C24H15Cl2F3N2O2/c25-21-9-6-16(11-22(21)26)14-33-20-7-4-15(5-8-20)10-17(13-30)23(32)31-19-3-1-2-18(12-19)24(27,28)29/h1-12H,14H2,(H,31,32)/b17-10+. The Kier molecular flexibility index (Phi) is 7.64. The summed E-state index contributed by atoms with van der Waals surface area (Å²) in [5, 5.41) is 12.5. The smallest absolute Gasteiger partial charge is 0.416 e. The Morgan fingerprint density at radius 2 is 1.76 bits per heavy atom. The van der Waals surface area contributed by atoms with Gasteiger partial charge >= 0.3 is 6.18 Å². The van der Waals surface area contributed by atoms with E-state index in [1.165, 1.54) is 18.2 Å². The first-order valence-electron chi connectivity index (χ1n) is 9.43. The fourth-order valence-corrected chi connectivity index (χ4v) is 3.06. The second kappa shape index (κ2) is 10.4. The first-order chi connectivity index (χ1) is 15.7. The molecule has 0 saturated carbocycles. The van der Waals surface area contributed by atoms with Crippen molar-refractivity contribution in [1.82, 2.24) is 0 Å². The molecule has 0 aliphatic rings. The van der Waals surface area contributed by atoms with Crippen molar-refractivity contribution < 1.29 is 22.7 Å². The zero-order valence-corrected chi connectivity index (χ0v) is 18.3. The number of benzene rings is 3. The van der Waals surface area contributed by atoms with Crippen LogP contribution in [-0.4, -0.2) is 5.91 Å². The fourth-order valence-electron chi connectivity index (χ4n) is 2.74. The highest BCUT2D eigenvalue weighted by Gasteiger charge is 2.30. The third-order valence-corrected chi connectivity index (χ3v) is 5.13. The highest BCUT2D eigenvalue weighted by atomic mass is 35.5. The number of hydrogen-bond donors (Lipinski definition) is 1. The third-order valence-electron chi connectivity index (χ3n) is 4.39. The molecule has 0 saturated heterocycles. The van der Waals surface area contributed by atoms with Crippen LogP contribution in [0.15, 0.2) is 72.3 Å². The lowest BCUT2D eigenvalue weighted by Gasteiger charge is -2.09. The highest BCUT2D eigenvalue weighted by molar-refractivity contribution is 6.42. The van der Waals surface area contributed by atoms with Crippen LogP contribution in [0.25, 0.3) is 6.08 Å². The minimum absolute atomic E-state index is 0.0676. The van der Waals surface area contributed by atoms with E-state index in [1.54, 1.807) is 48.5 Å². The number of amides is 1. The third kappa shape index (κ3) is 6.75. The monoisotopic (exact) mass is 490 g/mol. The molecule has 0 aliphatic carbocycles.